The molecule has 1 aliphatic heterocycles. The largest absolute Gasteiger partial charge is 0.392 e. The molecular formula is C15H24N2O3S. The van der Waals surface area contributed by atoms with Gasteiger partial charge in [-0.15, -0.1) is 0 Å². The first-order chi connectivity index (χ1) is 9.95. The number of benzene rings is 1. The van der Waals surface area contributed by atoms with Gasteiger partial charge in [0, 0.05) is 19.1 Å². The maximum Gasteiger partial charge on any atom is 0.243 e. The van der Waals surface area contributed by atoms with Crippen molar-refractivity contribution in [3.63, 3.8) is 0 Å². The molecule has 0 bridgehead atoms. The lowest BCUT2D eigenvalue weighted by molar-refractivity contribution is 0.189. The lowest BCUT2D eigenvalue weighted by Gasteiger charge is -2.17. The highest BCUT2D eigenvalue weighted by molar-refractivity contribution is 7.89. The highest BCUT2D eigenvalue weighted by atomic mass is 32.2. The van der Waals surface area contributed by atoms with Gasteiger partial charge in [0.1, 0.15) is 0 Å². The fraction of sp³-hybridized carbons (Fsp3) is 0.600. The van der Waals surface area contributed by atoms with Crippen molar-refractivity contribution in [1.29, 1.82) is 0 Å². The zero-order valence-corrected chi connectivity index (χ0v) is 13.4. The molecule has 0 amide bonds. The molecule has 6 heteroatoms. The summed E-state index contributed by atoms with van der Waals surface area (Å²) >= 11 is 0. The maximum atomic E-state index is 12.4. The van der Waals surface area contributed by atoms with Gasteiger partial charge in [-0.3, -0.25) is 0 Å². The van der Waals surface area contributed by atoms with Crippen molar-refractivity contribution in [1.82, 2.24) is 9.62 Å². The number of β-amino-alcohol motifs (C(OH)–C–C–N with tert-alkyl or cyclic N) is 1. The molecule has 5 nitrogen and oxygen atoms in total. The molecule has 2 N–H and O–H groups in total. The van der Waals surface area contributed by atoms with Gasteiger partial charge in [0.15, 0.2) is 0 Å². The summed E-state index contributed by atoms with van der Waals surface area (Å²) in [5, 5.41) is 12.9. The second-order valence-corrected chi connectivity index (χ2v) is 7.49. The van der Waals surface area contributed by atoms with Crippen LogP contribution in [0.3, 0.4) is 0 Å². The van der Waals surface area contributed by atoms with Crippen molar-refractivity contribution >= 4 is 10.0 Å². The van der Waals surface area contributed by atoms with E-state index in [4.69, 9.17) is 0 Å². The lowest BCUT2D eigenvalue weighted by atomic mass is 10.1. The Labute approximate surface area is 127 Å². The quantitative estimate of drug-likeness (QED) is 0.835. The van der Waals surface area contributed by atoms with E-state index in [1.54, 1.807) is 12.1 Å². The summed E-state index contributed by atoms with van der Waals surface area (Å²) in [5.74, 6) is 0. The van der Waals surface area contributed by atoms with Gasteiger partial charge >= 0.3 is 0 Å². The average molecular weight is 312 g/mol. The minimum absolute atomic E-state index is 0.193. The van der Waals surface area contributed by atoms with E-state index in [0.717, 1.165) is 18.5 Å². The molecule has 21 heavy (non-hydrogen) atoms. The Kier molecular flexibility index (Phi) is 5.37. The molecule has 0 saturated carbocycles. The molecule has 1 saturated heterocycles. The molecular weight excluding hydrogens is 288 g/mol. The molecule has 0 aliphatic carbocycles. The second-order valence-electron chi connectivity index (χ2n) is 5.55. The zero-order valence-electron chi connectivity index (χ0n) is 12.6. The second kappa shape index (κ2) is 6.87. The van der Waals surface area contributed by atoms with E-state index >= 15 is 0 Å². The number of aliphatic hydroxyl groups is 1. The molecule has 118 valence electrons. The Balaban J connectivity index is 2.11. The third-order valence-electron chi connectivity index (χ3n) is 3.84. The van der Waals surface area contributed by atoms with Crippen molar-refractivity contribution in [2.45, 2.75) is 43.7 Å². The predicted molar refractivity (Wildman–Crippen MR) is 82.5 cm³/mol. The van der Waals surface area contributed by atoms with Crippen molar-refractivity contribution in [2.75, 3.05) is 19.6 Å². The Bertz CT molecular complexity index is 557. The molecule has 2 unspecified atom stereocenters. The normalized spacial score (nSPS) is 21.6. The Morgan fingerprint density at radius 1 is 1.38 bits per heavy atom. The van der Waals surface area contributed by atoms with Crippen LogP contribution in [0.2, 0.25) is 0 Å². The van der Waals surface area contributed by atoms with Crippen molar-refractivity contribution in [2.24, 2.45) is 0 Å². The summed E-state index contributed by atoms with van der Waals surface area (Å²) in [7, 11) is -3.48. The summed E-state index contributed by atoms with van der Waals surface area (Å²) in [6.07, 6.45) is 1.03. The van der Waals surface area contributed by atoms with Crippen LogP contribution in [0.4, 0.5) is 0 Å². The number of nitrogens with zero attached hydrogens (tertiary/aromatic N) is 1. The number of rotatable bonds is 6. The number of aliphatic hydroxyl groups excluding tert-OH is 1. The first kappa shape index (κ1) is 16.4. The third kappa shape index (κ3) is 3.83. The predicted octanol–water partition coefficient (Wildman–Crippen LogP) is 1.50. The molecule has 1 aliphatic rings. The van der Waals surface area contributed by atoms with Gasteiger partial charge in [0.05, 0.1) is 11.0 Å². The summed E-state index contributed by atoms with van der Waals surface area (Å²) < 4.78 is 26.2. The summed E-state index contributed by atoms with van der Waals surface area (Å²) in [6, 6.07) is 7.22. The van der Waals surface area contributed by atoms with Gasteiger partial charge in [0.2, 0.25) is 10.0 Å². The van der Waals surface area contributed by atoms with Crippen LogP contribution in [0.5, 0.6) is 0 Å². The highest BCUT2D eigenvalue weighted by Crippen LogP contribution is 2.22. The van der Waals surface area contributed by atoms with Crippen molar-refractivity contribution in [3.05, 3.63) is 29.8 Å². The van der Waals surface area contributed by atoms with Gasteiger partial charge in [-0.1, -0.05) is 19.1 Å². The molecule has 0 spiro atoms. The van der Waals surface area contributed by atoms with Crippen molar-refractivity contribution in [3.8, 4) is 0 Å². The standard InChI is InChI=1S/C15H24N2O3S/c1-3-9-16-12(2)13-4-6-15(7-5-13)21(19,20)17-10-8-14(18)11-17/h4-7,12,14,16,18H,3,8-11H2,1-2H3. The molecule has 2 rings (SSSR count). The van der Waals surface area contributed by atoms with Gasteiger partial charge < -0.3 is 10.4 Å². The van der Waals surface area contributed by atoms with Gasteiger partial charge in [-0.2, -0.15) is 4.31 Å². The van der Waals surface area contributed by atoms with Gasteiger partial charge in [-0.05, 0) is 44.0 Å². The van der Waals surface area contributed by atoms with Gasteiger partial charge in [-0.25, -0.2) is 8.42 Å². The highest BCUT2D eigenvalue weighted by Gasteiger charge is 2.31. The molecule has 0 radical (unpaired) electrons. The number of hydrogen-bond donors (Lipinski definition) is 2. The minimum Gasteiger partial charge on any atom is -0.392 e. The van der Waals surface area contributed by atoms with Crippen LogP contribution in [0.15, 0.2) is 29.2 Å². The van der Waals surface area contributed by atoms with E-state index < -0.39 is 16.1 Å². The molecule has 0 aromatic heterocycles. The van der Waals surface area contributed by atoms with E-state index in [0.29, 0.717) is 17.9 Å². The van der Waals surface area contributed by atoms with Crippen LogP contribution < -0.4 is 5.32 Å². The number of sulfonamides is 1. The minimum atomic E-state index is -3.48. The lowest BCUT2D eigenvalue weighted by Crippen LogP contribution is -2.29. The van der Waals surface area contributed by atoms with E-state index in [1.807, 2.05) is 12.1 Å². The van der Waals surface area contributed by atoms with E-state index in [2.05, 4.69) is 19.2 Å². The summed E-state index contributed by atoms with van der Waals surface area (Å²) in [6.45, 7) is 5.70. The first-order valence-corrected chi connectivity index (χ1v) is 8.90. The van der Waals surface area contributed by atoms with E-state index in [9.17, 15) is 13.5 Å². The van der Waals surface area contributed by atoms with Crippen LogP contribution in [0.25, 0.3) is 0 Å². The number of nitrogens with one attached hydrogen (secondary N) is 1. The van der Waals surface area contributed by atoms with E-state index in [-0.39, 0.29) is 12.6 Å². The molecule has 1 aromatic carbocycles. The van der Waals surface area contributed by atoms with Gasteiger partial charge in [0.25, 0.3) is 0 Å². The van der Waals surface area contributed by atoms with Crippen LogP contribution in [-0.2, 0) is 10.0 Å². The average Bonchev–Trinajstić information content (AvgIpc) is 2.92. The van der Waals surface area contributed by atoms with Crippen LogP contribution >= 0.6 is 0 Å². The Hall–Kier alpha value is -0.950. The zero-order chi connectivity index (χ0) is 15.5. The molecule has 1 aromatic rings. The topological polar surface area (TPSA) is 69.6 Å². The number of hydrogen-bond acceptors (Lipinski definition) is 4. The van der Waals surface area contributed by atoms with Crippen molar-refractivity contribution < 1.29 is 13.5 Å². The Morgan fingerprint density at radius 2 is 2.05 bits per heavy atom. The van der Waals surface area contributed by atoms with Crippen LogP contribution in [0, 0.1) is 0 Å². The van der Waals surface area contributed by atoms with Crippen LogP contribution in [-0.4, -0.2) is 43.6 Å². The first-order valence-electron chi connectivity index (χ1n) is 7.46. The maximum absolute atomic E-state index is 12.4. The van der Waals surface area contributed by atoms with E-state index in [1.165, 1.54) is 4.31 Å². The SMILES string of the molecule is CCCNC(C)c1ccc(S(=O)(=O)N2CCC(O)C2)cc1. The third-order valence-corrected chi connectivity index (χ3v) is 5.72. The molecule has 1 heterocycles. The molecule has 1 fully saturated rings. The Morgan fingerprint density at radius 3 is 2.57 bits per heavy atom. The molecule has 2 atom stereocenters. The van der Waals surface area contributed by atoms with Crippen LogP contribution in [0.1, 0.15) is 38.3 Å². The summed E-state index contributed by atoms with van der Waals surface area (Å²) in [4.78, 5) is 0.294. The fourth-order valence-electron chi connectivity index (χ4n) is 2.49. The summed E-state index contributed by atoms with van der Waals surface area (Å²) in [5.41, 5.74) is 1.07. The monoisotopic (exact) mass is 312 g/mol. The fourth-order valence-corrected chi connectivity index (χ4v) is 3.98. The smallest absolute Gasteiger partial charge is 0.243 e.